The van der Waals surface area contributed by atoms with E-state index >= 15 is 0 Å². The molecule has 0 aliphatic carbocycles. The zero-order valence-corrected chi connectivity index (χ0v) is 6.87. The van der Waals surface area contributed by atoms with Gasteiger partial charge in [0.2, 0.25) is 0 Å². The highest BCUT2D eigenvalue weighted by molar-refractivity contribution is 5.99. The van der Waals surface area contributed by atoms with Crippen LogP contribution >= 0.6 is 0 Å². The molecule has 0 aromatic rings. The second-order valence-corrected chi connectivity index (χ2v) is 2.62. The van der Waals surface area contributed by atoms with Gasteiger partial charge in [-0.2, -0.15) is 0 Å². The Morgan fingerprint density at radius 1 is 1.67 bits per heavy atom. The van der Waals surface area contributed by atoms with Crippen LogP contribution < -0.4 is 0 Å². The summed E-state index contributed by atoms with van der Waals surface area (Å²) in [6.45, 7) is 5.11. The molecule has 3 heteroatoms. The molecule has 1 atom stereocenters. The molecule has 1 rings (SSSR count). The number of aldehydes is 1. The van der Waals surface area contributed by atoms with Crippen LogP contribution in [0.25, 0.3) is 0 Å². The number of rotatable bonds is 3. The molecule has 0 saturated carbocycles. The van der Waals surface area contributed by atoms with Gasteiger partial charge in [-0.15, -0.1) is 6.58 Å². The lowest BCUT2D eigenvalue weighted by atomic mass is 10.1. The molecule has 3 nitrogen and oxygen atoms in total. The number of carbonyl (C=O) groups excluding carboxylic acids is 2. The normalized spacial score (nSPS) is 22.4. The maximum atomic E-state index is 11.0. The van der Waals surface area contributed by atoms with Crippen molar-refractivity contribution in [2.75, 3.05) is 0 Å². The predicted molar refractivity (Wildman–Crippen MR) is 43.5 cm³/mol. The van der Waals surface area contributed by atoms with Crippen LogP contribution in [-0.4, -0.2) is 18.4 Å². The van der Waals surface area contributed by atoms with Gasteiger partial charge in [-0.3, -0.25) is 4.79 Å². The highest BCUT2D eigenvalue weighted by Crippen LogP contribution is 2.22. The van der Waals surface area contributed by atoms with E-state index in [1.54, 1.807) is 13.0 Å². The molecule has 0 radical (unpaired) electrons. The standard InChI is InChI=1S/C9H10O3/c1-3-4-8-7(5-10)6(2)9(11)12-8/h3,5,8H,1,4H2,2H3. The van der Waals surface area contributed by atoms with Gasteiger partial charge < -0.3 is 4.74 Å². The number of esters is 1. The highest BCUT2D eigenvalue weighted by Gasteiger charge is 2.29. The van der Waals surface area contributed by atoms with Gasteiger partial charge in [-0.05, 0) is 6.92 Å². The summed E-state index contributed by atoms with van der Waals surface area (Å²) in [5.74, 6) is -0.399. The first kappa shape index (κ1) is 8.71. The highest BCUT2D eigenvalue weighted by atomic mass is 16.5. The number of ether oxygens (including phenoxy) is 1. The summed E-state index contributed by atoms with van der Waals surface area (Å²) in [4.78, 5) is 21.5. The second-order valence-electron chi connectivity index (χ2n) is 2.62. The van der Waals surface area contributed by atoms with Crippen molar-refractivity contribution >= 4 is 12.3 Å². The van der Waals surface area contributed by atoms with E-state index in [0.717, 1.165) is 0 Å². The van der Waals surface area contributed by atoms with Gasteiger partial charge in [-0.1, -0.05) is 6.08 Å². The molecular formula is C9H10O3. The molecule has 1 unspecified atom stereocenters. The van der Waals surface area contributed by atoms with E-state index in [4.69, 9.17) is 4.74 Å². The van der Waals surface area contributed by atoms with Gasteiger partial charge >= 0.3 is 5.97 Å². The van der Waals surface area contributed by atoms with E-state index in [1.165, 1.54) is 0 Å². The Morgan fingerprint density at radius 3 is 2.83 bits per heavy atom. The third-order valence-corrected chi connectivity index (χ3v) is 1.84. The van der Waals surface area contributed by atoms with Gasteiger partial charge in [0.05, 0.1) is 0 Å². The first-order valence-corrected chi connectivity index (χ1v) is 3.68. The van der Waals surface area contributed by atoms with Crippen LogP contribution in [0.1, 0.15) is 13.3 Å². The lowest BCUT2D eigenvalue weighted by Gasteiger charge is -2.06. The van der Waals surface area contributed by atoms with Gasteiger partial charge in [0.1, 0.15) is 12.4 Å². The minimum atomic E-state index is -0.410. The van der Waals surface area contributed by atoms with E-state index in [0.29, 0.717) is 23.9 Å². The minimum Gasteiger partial charge on any atom is -0.454 e. The fraction of sp³-hybridized carbons (Fsp3) is 0.333. The number of carbonyl (C=O) groups is 2. The molecular weight excluding hydrogens is 156 g/mol. The third-order valence-electron chi connectivity index (χ3n) is 1.84. The van der Waals surface area contributed by atoms with Crippen molar-refractivity contribution in [3.63, 3.8) is 0 Å². The lowest BCUT2D eigenvalue weighted by molar-refractivity contribution is -0.139. The molecule has 1 heterocycles. The van der Waals surface area contributed by atoms with Crippen molar-refractivity contribution in [3.05, 3.63) is 23.8 Å². The minimum absolute atomic E-state index is 0.399. The fourth-order valence-electron chi connectivity index (χ4n) is 1.13. The third kappa shape index (κ3) is 1.30. The van der Waals surface area contributed by atoms with Crippen LogP contribution in [0.3, 0.4) is 0 Å². The summed E-state index contributed by atoms with van der Waals surface area (Å²) < 4.78 is 4.90. The molecule has 0 bridgehead atoms. The molecule has 1 aliphatic rings. The first-order chi connectivity index (χ1) is 5.70. The molecule has 1 aliphatic heterocycles. The van der Waals surface area contributed by atoms with Crippen LogP contribution in [-0.2, 0) is 14.3 Å². The Balaban J connectivity index is 2.89. The monoisotopic (exact) mass is 166 g/mol. The molecule has 0 saturated heterocycles. The van der Waals surface area contributed by atoms with Gasteiger partial charge in [0.25, 0.3) is 0 Å². The average molecular weight is 166 g/mol. The maximum absolute atomic E-state index is 11.0. The number of hydrogen-bond donors (Lipinski definition) is 0. The first-order valence-electron chi connectivity index (χ1n) is 3.68. The maximum Gasteiger partial charge on any atom is 0.334 e. The quantitative estimate of drug-likeness (QED) is 0.357. The molecule has 0 aromatic carbocycles. The van der Waals surface area contributed by atoms with E-state index in [9.17, 15) is 9.59 Å². The van der Waals surface area contributed by atoms with Crippen molar-refractivity contribution in [3.8, 4) is 0 Å². The Labute approximate surface area is 70.7 Å². The zero-order chi connectivity index (χ0) is 9.14. The summed E-state index contributed by atoms with van der Waals surface area (Å²) in [5.41, 5.74) is 0.858. The molecule has 0 fully saturated rings. The van der Waals surface area contributed by atoms with Gasteiger partial charge in [0.15, 0.2) is 0 Å². The average Bonchev–Trinajstić information content (AvgIpc) is 2.29. The van der Waals surface area contributed by atoms with Crippen LogP contribution in [0.15, 0.2) is 23.8 Å². The predicted octanol–water partition coefficient (Wildman–Crippen LogP) is 1.00. The largest absolute Gasteiger partial charge is 0.454 e. The lowest BCUT2D eigenvalue weighted by Crippen LogP contribution is -2.10. The van der Waals surface area contributed by atoms with Crippen molar-refractivity contribution < 1.29 is 14.3 Å². The smallest absolute Gasteiger partial charge is 0.334 e. The SMILES string of the molecule is C=CCC1OC(=O)C(C)=C1C=O. The number of cyclic esters (lactones) is 1. The van der Waals surface area contributed by atoms with Crippen molar-refractivity contribution in [2.24, 2.45) is 0 Å². The molecule has 0 aromatic heterocycles. The van der Waals surface area contributed by atoms with Crippen molar-refractivity contribution in [1.82, 2.24) is 0 Å². The van der Waals surface area contributed by atoms with E-state index < -0.39 is 12.1 Å². The Kier molecular flexibility index (Phi) is 2.43. The van der Waals surface area contributed by atoms with Crippen LogP contribution in [0.5, 0.6) is 0 Å². The topological polar surface area (TPSA) is 43.4 Å². The van der Waals surface area contributed by atoms with E-state index in [-0.39, 0.29) is 0 Å². The number of hydrogen-bond acceptors (Lipinski definition) is 3. The summed E-state index contributed by atoms with van der Waals surface area (Å²) in [6, 6.07) is 0. The molecule has 12 heavy (non-hydrogen) atoms. The Bertz CT molecular complexity index is 263. The summed E-state index contributed by atoms with van der Waals surface area (Å²) in [7, 11) is 0. The van der Waals surface area contributed by atoms with Gasteiger partial charge in [0, 0.05) is 17.6 Å². The zero-order valence-electron chi connectivity index (χ0n) is 6.87. The molecule has 64 valence electrons. The molecule has 0 amide bonds. The molecule has 0 N–H and O–H groups in total. The van der Waals surface area contributed by atoms with Gasteiger partial charge in [-0.25, -0.2) is 4.79 Å². The summed E-state index contributed by atoms with van der Waals surface area (Å²) in [6.07, 6.45) is 2.39. The van der Waals surface area contributed by atoms with Crippen molar-refractivity contribution in [2.45, 2.75) is 19.4 Å². The van der Waals surface area contributed by atoms with Crippen molar-refractivity contribution in [1.29, 1.82) is 0 Å². The second kappa shape index (κ2) is 3.34. The summed E-state index contributed by atoms with van der Waals surface area (Å²) >= 11 is 0. The van der Waals surface area contributed by atoms with E-state index in [2.05, 4.69) is 6.58 Å². The van der Waals surface area contributed by atoms with E-state index in [1.807, 2.05) is 0 Å². The summed E-state index contributed by atoms with van der Waals surface area (Å²) in [5, 5.41) is 0. The van der Waals surface area contributed by atoms with Crippen LogP contribution in [0, 0.1) is 0 Å². The molecule has 0 spiro atoms. The van der Waals surface area contributed by atoms with Crippen LogP contribution in [0.2, 0.25) is 0 Å². The van der Waals surface area contributed by atoms with Crippen LogP contribution in [0.4, 0.5) is 0 Å². The Hall–Kier alpha value is -1.38. The fourth-order valence-corrected chi connectivity index (χ4v) is 1.13. The Morgan fingerprint density at radius 2 is 2.33 bits per heavy atom.